The molecule has 3 nitrogen and oxygen atoms in total. The van der Waals surface area contributed by atoms with Gasteiger partial charge < -0.3 is 10.4 Å². The standard InChI is InChI=1S/C19H24F3NO2/c20-19(21,22)16-8-4-3-7-13(16)14-11-15(14)17(24)23-12-18(25)9-5-1-2-6-10-18/h3-4,7-8,14-15,25H,1-2,5-6,9-12H2,(H,23,24)/t14-,15+/m1/s1. The molecule has 1 aromatic rings. The molecule has 3 rings (SSSR count). The molecule has 138 valence electrons. The van der Waals surface area contributed by atoms with Crippen molar-refractivity contribution in [2.75, 3.05) is 6.54 Å². The number of carbonyl (C=O) groups is 1. The maximum Gasteiger partial charge on any atom is 0.416 e. The predicted octanol–water partition coefficient (Wildman–Crippen LogP) is 4.01. The number of nitrogens with one attached hydrogen (secondary N) is 1. The van der Waals surface area contributed by atoms with Gasteiger partial charge in [0.15, 0.2) is 0 Å². The number of rotatable bonds is 4. The van der Waals surface area contributed by atoms with Crippen molar-refractivity contribution in [3.8, 4) is 0 Å². The highest BCUT2D eigenvalue weighted by Crippen LogP contribution is 2.51. The van der Waals surface area contributed by atoms with Gasteiger partial charge in [-0.25, -0.2) is 0 Å². The number of hydrogen-bond donors (Lipinski definition) is 2. The van der Waals surface area contributed by atoms with E-state index in [0.29, 0.717) is 19.3 Å². The van der Waals surface area contributed by atoms with Crippen LogP contribution in [0.5, 0.6) is 0 Å². The SMILES string of the molecule is O=C(NCC1(O)CCCCCC1)[C@H]1C[C@@H]1c1ccccc1C(F)(F)F. The molecule has 0 radical (unpaired) electrons. The van der Waals surface area contributed by atoms with Crippen LogP contribution in [0.4, 0.5) is 13.2 Å². The van der Waals surface area contributed by atoms with Crippen LogP contribution in [-0.4, -0.2) is 23.2 Å². The second kappa shape index (κ2) is 6.98. The molecular formula is C19H24F3NO2. The molecule has 2 fully saturated rings. The highest BCUT2D eigenvalue weighted by atomic mass is 19.4. The van der Waals surface area contributed by atoms with Crippen LogP contribution in [0.25, 0.3) is 0 Å². The zero-order valence-corrected chi connectivity index (χ0v) is 14.1. The Morgan fingerprint density at radius 2 is 1.80 bits per heavy atom. The lowest BCUT2D eigenvalue weighted by Gasteiger charge is -2.26. The highest BCUT2D eigenvalue weighted by Gasteiger charge is 2.48. The van der Waals surface area contributed by atoms with Crippen LogP contribution in [0.15, 0.2) is 24.3 Å². The van der Waals surface area contributed by atoms with Gasteiger partial charge in [-0.15, -0.1) is 0 Å². The van der Waals surface area contributed by atoms with E-state index in [9.17, 15) is 23.1 Å². The number of halogens is 3. The Bertz CT molecular complexity index is 621. The van der Waals surface area contributed by atoms with Crippen molar-refractivity contribution in [3.05, 3.63) is 35.4 Å². The lowest BCUT2D eigenvalue weighted by Crippen LogP contribution is -2.43. The first kappa shape index (κ1) is 18.2. The summed E-state index contributed by atoms with van der Waals surface area (Å²) in [5.41, 5.74) is -1.33. The van der Waals surface area contributed by atoms with Crippen molar-refractivity contribution in [1.82, 2.24) is 5.32 Å². The molecule has 0 saturated heterocycles. The molecule has 2 saturated carbocycles. The fourth-order valence-corrected chi connectivity index (χ4v) is 3.85. The third-order valence-electron chi connectivity index (χ3n) is 5.42. The molecule has 2 atom stereocenters. The number of amides is 1. The Morgan fingerprint density at radius 1 is 1.16 bits per heavy atom. The van der Waals surface area contributed by atoms with Gasteiger partial charge in [0.1, 0.15) is 0 Å². The fourth-order valence-electron chi connectivity index (χ4n) is 3.85. The smallest absolute Gasteiger partial charge is 0.388 e. The Labute approximate surface area is 145 Å². The molecule has 0 unspecified atom stereocenters. The van der Waals surface area contributed by atoms with Crippen molar-refractivity contribution in [3.63, 3.8) is 0 Å². The normalized spacial score (nSPS) is 25.9. The molecule has 0 spiro atoms. The second-order valence-electron chi connectivity index (χ2n) is 7.39. The molecule has 0 bridgehead atoms. The third-order valence-corrected chi connectivity index (χ3v) is 5.42. The maximum atomic E-state index is 13.1. The van der Waals surface area contributed by atoms with Gasteiger partial charge in [-0.05, 0) is 36.8 Å². The summed E-state index contributed by atoms with van der Waals surface area (Å²) in [7, 11) is 0. The van der Waals surface area contributed by atoms with Gasteiger partial charge in [-0.2, -0.15) is 13.2 Å². The topological polar surface area (TPSA) is 49.3 Å². The van der Waals surface area contributed by atoms with Crippen LogP contribution in [-0.2, 0) is 11.0 Å². The van der Waals surface area contributed by atoms with Gasteiger partial charge in [0.25, 0.3) is 0 Å². The lowest BCUT2D eigenvalue weighted by atomic mass is 9.94. The van der Waals surface area contributed by atoms with Crippen LogP contribution in [0, 0.1) is 5.92 Å². The van der Waals surface area contributed by atoms with Crippen molar-refractivity contribution >= 4 is 5.91 Å². The molecule has 2 aliphatic rings. The third kappa shape index (κ3) is 4.35. The van der Waals surface area contributed by atoms with Gasteiger partial charge in [-0.1, -0.05) is 43.9 Å². The zero-order chi connectivity index (χ0) is 18.1. The van der Waals surface area contributed by atoms with Crippen molar-refractivity contribution in [1.29, 1.82) is 0 Å². The van der Waals surface area contributed by atoms with E-state index in [1.54, 1.807) is 6.07 Å². The Morgan fingerprint density at radius 3 is 2.44 bits per heavy atom. The predicted molar refractivity (Wildman–Crippen MR) is 88.0 cm³/mol. The highest BCUT2D eigenvalue weighted by molar-refractivity contribution is 5.83. The molecule has 2 N–H and O–H groups in total. The van der Waals surface area contributed by atoms with E-state index >= 15 is 0 Å². The summed E-state index contributed by atoms with van der Waals surface area (Å²) in [5.74, 6) is -1.07. The van der Waals surface area contributed by atoms with E-state index in [0.717, 1.165) is 31.7 Å². The largest absolute Gasteiger partial charge is 0.416 e. The monoisotopic (exact) mass is 355 g/mol. The Kier molecular flexibility index (Phi) is 5.09. The molecule has 6 heteroatoms. The first-order chi connectivity index (χ1) is 11.8. The summed E-state index contributed by atoms with van der Waals surface area (Å²) >= 11 is 0. The van der Waals surface area contributed by atoms with Gasteiger partial charge in [0.05, 0.1) is 11.2 Å². The van der Waals surface area contributed by atoms with E-state index < -0.39 is 23.3 Å². The molecular weight excluding hydrogens is 331 g/mol. The first-order valence-electron chi connectivity index (χ1n) is 8.96. The number of aliphatic hydroxyl groups is 1. The van der Waals surface area contributed by atoms with Crippen LogP contribution < -0.4 is 5.32 Å². The second-order valence-corrected chi connectivity index (χ2v) is 7.39. The summed E-state index contributed by atoms with van der Waals surface area (Å²) in [6.07, 6.45) is 1.42. The molecule has 25 heavy (non-hydrogen) atoms. The summed E-state index contributed by atoms with van der Waals surface area (Å²) in [6, 6.07) is 5.47. The zero-order valence-electron chi connectivity index (χ0n) is 14.1. The van der Waals surface area contributed by atoms with Gasteiger partial charge in [0.2, 0.25) is 5.91 Å². The van der Waals surface area contributed by atoms with Gasteiger partial charge in [0, 0.05) is 12.5 Å². The summed E-state index contributed by atoms with van der Waals surface area (Å²) in [6.45, 7) is 0.190. The first-order valence-corrected chi connectivity index (χ1v) is 8.96. The van der Waals surface area contributed by atoms with Crippen molar-refractivity contribution in [2.24, 2.45) is 5.92 Å². The Hall–Kier alpha value is -1.56. The van der Waals surface area contributed by atoms with E-state index in [-0.39, 0.29) is 23.9 Å². The number of carbonyl (C=O) groups excluding carboxylic acids is 1. The van der Waals surface area contributed by atoms with E-state index in [4.69, 9.17) is 0 Å². The lowest BCUT2D eigenvalue weighted by molar-refractivity contribution is -0.138. The average molecular weight is 355 g/mol. The average Bonchev–Trinajstić information content (AvgIpc) is 3.37. The number of hydrogen-bond acceptors (Lipinski definition) is 2. The minimum absolute atomic E-state index is 0.190. The molecule has 0 aromatic heterocycles. The summed E-state index contributed by atoms with van der Waals surface area (Å²) < 4.78 is 39.3. The van der Waals surface area contributed by atoms with E-state index in [1.165, 1.54) is 12.1 Å². The van der Waals surface area contributed by atoms with Crippen LogP contribution >= 0.6 is 0 Å². The van der Waals surface area contributed by atoms with Crippen LogP contribution in [0.3, 0.4) is 0 Å². The molecule has 0 heterocycles. The maximum absolute atomic E-state index is 13.1. The van der Waals surface area contributed by atoms with Gasteiger partial charge >= 0.3 is 6.18 Å². The minimum atomic E-state index is -4.41. The number of alkyl halides is 3. The molecule has 1 amide bonds. The molecule has 0 aliphatic heterocycles. The van der Waals surface area contributed by atoms with Gasteiger partial charge in [-0.3, -0.25) is 4.79 Å². The fraction of sp³-hybridized carbons (Fsp3) is 0.632. The van der Waals surface area contributed by atoms with Crippen molar-refractivity contribution < 1.29 is 23.1 Å². The van der Waals surface area contributed by atoms with Crippen LogP contribution in [0.1, 0.15) is 62.0 Å². The minimum Gasteiger partial charge on any atom is -0.388 e. The van der Waals surface area contributed by atoms with E-state index in [1.807, 2.05) is 0 Å². The van der Waals surface area contributed by atoms with Crippen LogP contribution in [0.2, 0.25) is 0 Å². The van der Waals surface area contributed by atoms with E-state index in [2.05, 4.69) is 5.32 Å². The summed E-state index contributed by atoms with van der Waals surface area (Å²) in [4.78, 5) is 12.3. The summed E-state index contributed by atoms with van der Waals surface area (Å²) in [5, 5.41) is 13.3. The number of benzene rings is 1. The molecule has 2 aliphatic carbocycles. The quantitative estimate of drug-likeness (QED) is 0.802. The molecule has 1 aromatic carbocycles. The Balaban J connectivity index is 1.60. The van der Waals surface area contributed by atoms with Crippen molar-refractivity contribution in [2.45, 2.75) is 62.6 Å².